The Morgan fingerprint density at radius 1 is 1.18 bits per heavy atom. The topological polar surface area (TPSA) is 160 Å². The molecule has 0 fully saturated rings. The third kappa shape index (κ3) is 10.6. The van der Waals surface area contributed by atoms with Crippen molar-refractivity contribution in [3.05, 3.63) is 23.8 Å². The number of nitrogens with zero attached hydrogens (tertiary/aromatic N) is 1. The number of halogens is 3. The smallest absolute Gasteiger partial charge is 0.413 e. The molecule has 0 saturated carbocycles. The molecule has 11 nitrogen and oxygen atoms in total. The average Bonchev–Trinajstić information content (AvgIpc) is 2.65. The maximum Gasteiger partial charge on any atom is 0.413 e. The van der Waals surface area contributed by atoms with Crippen LogP contribution in [-0.2, 0) is 23.9 Å². The molecule has 15 heteroatoms. The van der Waals surface area contributed by atoms with Crippen LogP contribution >= 0.6 is 11.6 Å². The minimum Gasteiger partial charge on any atom is -0.481 e. The van der Waals surface area contributed by atoms with E-state index in [0.717, 1.165) is 11.2 Å². The van der Waals surface area contributed by atoms with Gasteiger partial charge in [0.2, 0.25) is 0 Å². The summed E-state index contributed by atoms with van der Waals surface area (Å²) in [5.41, 5.74) is -0.558. The van der Waals surface area contributed by atoms with Gasteiger partial charge in [0.15, 0.2) is 11.6 Å². The highest BCUT2D eigenvalue weighted by molar-refractivity contribution is 7.85. The van der Waals surface area contributed by atoms with Crippen LogP contribution in [0.3, 0.4) is 0 Å². The van der Waals surface area contributed by atoms with Gasteiger partial charge in [-0.1, -0.05) is 0 Å². The van der Waals surface area contributed by atoms with E-state index in [4.69, 9.17) is 26.6 Å². The Morgan fingerprint density at radius 2 is 1.79 bits per heavy atom. The summed E-state index contributed by atoms with van der Waals surface area (Å²) in [7, 11) is -3.77. The lowest BCUT2D eigenvalue weighted by Gasteiger charge is -2.25. The number of amides is 1. The first-order chi connectivity index (χ1) is 15.3. The van der Waals surface area contributed by atoms with Crippen LogP contribution in [0.25, 0.3) is 0 Å². The van der Waals surface area contributed by atoms with Gasteiger partial charge in [-0.3, -0.25) is 8.98 Å². The third-order valence-electron chi connectivity index (χ3n) is 4.00. The molecule has 1 rings (SSSR count). The predicted molar refractivity (Wildman–Crippen MR) is 112 cm³/mol. The fourth-order valence-corrected chi connectivity index (χ4v) is 3.21. The van der Waals surface area contributed by atoms with Gasteiger partial charge in [-0.25, -0.2) is 18.4 Å². The zero-order chi connectivity index (χ0) is 25.2. The van der Waals surface area contributed by atoms with Crippen molar-refractivity contribution in [2.45, 2.75) is 25.3 Å². The summed E-state index contributed by atoms with van der Waals surface area (Å²) in [4.78, 5) is 34.8. The van der Waals surface area contributed by atoms with E-state index in [1.54, 1.807) is 0 Å². The molecule has 0 spiro atoms. The van der Waals surface area contributed by atoms with Crippen molar-refractivity contribution < 1.29 is 50.7 Å². The normalized spacial score (nSPS) is 12.1. The van der Waals surface area contributed by atoms with E-state index in [1.807, 2.05) is 5.32 Å². The Hall–Kier alpha value is -2.71. The molecule has 0 aliphatic rings. The van der Waals surface area contributed by atoms with Crippen molar-refractivity contribution in [1.29, 1.82) is 0 Å². The van der Waals surface area contributed by atoms with Gasteiger partial charge in [-0.05, 0) is 12.8 Å². The van der Waals surface area contributed by atoms with Crippen LogP contribution in [0.1, 0.15) is 19.3 Å². The highest BCUT2D eigenvalue weighted by Crippen LogP contribution is 2.28. The number of hydrogen-bond donors (Lipinski definition) is 3. The SMILES string of the molecule is CS(=O)(=O)OCCN(CCCl)c1c(F)cc(OC(=O)N[C@@H](CCCC(=O)O)C(=O)O)cc1F. The summed E-state index contributed by atoms with van der Waals surface area (Å²) in [5.74, 6) is -5.51. The van der Waals surface area contributed by atoms with Crippen molar-refractivity contribution in [1.82, 2.24) is 5.32 Å². The molecule has 0 aromatic heterocycles. The molecule has 3 N–H and O–H groups in total. The van der Waals surface area contributed by atoms with Crippen molar-refractivity contribution in [3.8, 4) is 5.75 Å². The number of hydrogen-bond acceptors (Lipinski definition) is 8. The van der Waals surface area contributed by atoms with Gasteiger partial charge < -0.3 is 25.2 Å². The fourth-order valence-electron chi connectivity index (χ4n) is 2.63. The van der Waals surface area contributed by atoms with E-state index in [-0.39, 0.29) is 38.2 Å². The second-order valence-corrected chi connectivity index (χ2v) is 8.67. The third-order valence-corrected chi connectivity index (χ3v) is 4.77. The summed E-state index contributed by atoms with van der Waals surface area (Å²) in [6.07, 6.45) is -1.06. The highest BCUT2D eigenvalue weighted by Gasteiger charge is 2.23. The van der Waals surface area contributed by atoms with Gasteiger partial charge in [0.1, 0.15) is 17.5 Å². The summed E-state index contributed by atoms with van der Waals surface area (Å²) in [6.45, 7) is -0.668. The molecule has 1 amide bonds. The van der Waals surface area contributed by atoms with Gasteiger partial charge in [0, 0.05) is 37.5 Å². The van der Waals surface area contributed by atoms with E-state index in [2.05, 4.69) is 4.18 Å². The zero-order valence-corrected chi connectivity index (χ0v) is 19.0. The van der Waals surface area contributed by atoms with E-state index in [1.165, 1.54) is 0 Å². The molecule has 1 aromatic carbocycles. The number of carboxylic acid groups (broad SMARTS) is 2. The number of anilines is 1. The molecule has 1 atom stereocenters. The van der Waals surface area contributed by atoms with E-state index >= 15 is 0 Å². The Bertz CT molecular complexity index is 939. The predicted octanol–water partition coefficient (Wildman–Crippen LogP) is 1.78. The van der Waals surface area contributed by atoms with Crippen LogP contribution < -0.4 is 15.0 Å². The molecular weight excluding hydrogens is 494 g/mol. The first-order valence-corrected chi connectivity index (χ1v) is 11.8. The fraction of sp³-hybridized carbons (Fsp3) is 0.500. The number of carbonyl (C=O) groups is 3. The Morgan fingerprint density at radius 3 is 2.27 bits per heavy atom. The first-order valence-electron chi connectivity index (χ1n) is 9.41. The summed E-state index contributed by atoms with van der Waals surface area (Å²) < 4.78 is 60.6. The lowest BCUT2D eigenvalue weighted by molar-refractivity contribution is -0.140. The van der Waals surface area contributed by atoms with Gasteiger partial charge >= 0.3 is 18.0 Å². The van der Waals surface area contributed by atoms with Crippen LogP contribution in [-0.4, -0.2) is 74.5 Å². The highest BCUT2D eigenvalue weighted by atomic mass is 35.5. The minimum absolute atomic E-state index is 0.0377. The number of alkyl halides is 1. The molecule has 186 valence electrons. The second kappa shape index (κ2) is 13.1. The lowest BCUT2D eigenvalue weighted by Crippen LogP contribution is -2.42. The van der Waals surface area contributed by atoms with Crippen molar-refractivity contribution in [2.24, 2.45) is 0 Å². The monoisotopic (exact) mass is 516 g/mol. The molecule has 0 heterocycles. The van der Waals surface area contributed by atoms with Crippen LogP contribution in [0.15, 0.2) is 12.1 Å². The Balaban J connectivity index is 2.90. The lowest BCUT2D eigenvalue weighted by atomic mass is 10.1. The number of carboxylic acids is 2. The standard InChI is InChI=1S/C18H23ClF2N2O9S/c1-33(29,30)31-8-7-23(6-5-19)16-12(20)9-11(10-13(16)21)32-18(28)22-14(17(26)27)3-2-4-15(24)25/h9-10,14H,2-8H2,1H3,(H,22,28)(H,24,25)(H,26,27)/t14-/m0/s1. The maximum absolute atomic E-state index is 14.6. The Kier molecular flexibility index (Phi) is 11.2. The molecule has 33 heavy (non-hydrogen) atoms. The average molecular weight is 517 g/mol. The molecule has 0 aliphatic carbocycles. The van der Waals surface area contributed by atoms with Crippen LogP contribution in [0.4, 0.5) is 19.3 Å². The number of aliphatic carboxylic acids is 2. The zero-order valence-electron chi connectivity index (χ0n) is 17.4. The van der Waals surface area contributed by atoms with E-state index in [0.29, 0.717) is 12.1 Å². The molecule has 1 aromatic rings. The molecule has 0 radical (unpaired) electrons. The summed E-state index contributed by atoms with van der Waals surface area (Å²) >= 11 is 5.64. The number of ether oxygens (including phenoxy) is 1. The molecule has 0 aliphatic heterocycles. The Labute approximate surface area is 193 Å². The number of nitrogens with one attached hydrogen (secondary N) is 1. The second-order valence-electron chi connectivity index (χ2n) is 6.65. The quantitative estimate of drug-likeness (QED) is 0.245. The van der Waals surface area contributed by atoms with E-state index < -0.39 is 63.9 Å². The van der Waals surface area contributed by atoms with Crippen LogP contribution in [0.2, 0.25) is 0 Å². The summed E-state index contributed by atoms with van der Waals surface area (Å²) in [6, 6.07) is -0.117. The van der Waals surface area contributed by atoms with Gasteiger partial charge in [0.05, 0.1) is 12.9 Å². The van der Waals surface area contributed by atoms with Gasteiger partial charge in [-0.15, -0.1) is 11.6 Å². The minimum atomic E-state index is -3.77. The van der Waals surface area contributed by atoms with Crippen molar-refractivity contribution >= 4 is 45.4 Å². The van der Waals surface area contributed by atoms with Crippen LogP contribution in [0, 0.1) is 11.6 Å². The molecular formula is C18H23ClF2N2O9S. The molecule has 0 saturated heterocycles. The first kappa shape index (κ1) is 28.3. The largest absolute Gasteiger partial charge is 0.481 e. The summed E-state index contributed by atoms with van der Waals surface area (Å²) in [5, 5.41) is 19.7. The van der Waals surface area contributed by atoms with Gasteiger partial charge in [0.25, 0.3) is 10.1 Å². The van der Waals surface area contributed by atoms with Crippen molar-refractivity contribution in [2.75, 3.05) is 36.7 Å². The maximum atomic E-state index is 14.6. The molecule has 0 bridgehead atoms. The van der Waals surface area contributed by atoms with Crippen LogP contribution in [0.5, 0.6) is 5.75 Å². The molecule has 0 unspecified atom stereocenters. The number of benzene rings is 1. The van der Waals surface area contributed by atoms with Gasteiger partial charge in [-0.2, -0.15) is 8.42 Å². The number of rotatable bonds is 14. The van der Waals surface area contributed by atoms with E-state index in [9.17, 15) is 31.6 Å². The van der Waals surface area contributed by atoms with Crippen molar-refractivity contribution in [3.63, 3.8) is 0 Å². The number of carbonyl (C=O) groups excluding carboxylic acids is 1.